The Morgan fingerprint density at radius 1 is 1.19 bits per heavy atom. The average Bonchev–Trinajstić information content (AvgIpc) is 2.96. The minimum atomic E-state index is -3.74. The van der Waals surface area contributed by atoms with Gasteiger partial charge < -0.3 is 19.5 Å². The number of hydrogen-bond acceptors (Lipinski definition) is 8. The van der Waals surface area contributed by atoms with Crippen molar-refractivity contribution < 1.29 is 23.0 Å². The van der Waals surface area contributed by atoms with E-state index in [0.29, 0.717) is 25.3 Å². The van der Waals surface area contributed by atoms with Gasteiger partial charge in [0.2, 0.25) is 10.0 Å². The van der Waals surface area contributed by atoms with E-state index in [0.717, 1.165) is 42.4 Å². The number of nitrogens with two attached hydrogens (primary N) is 1. The number of rotatable bonds is 13. The van der Waals surface area contributed by atoms with E-state index in [1.54, 1.807) is 21.1 Å². The van der Waals surface area contributed by atoms with Gasteiger partial charge in [0.15, 0.2) is 0 Å². The molecule has 1 aromatic rings. The van der Waals surface area contributed by atoms with Crippen LogP contribution in [0.5, 0.6) is 0 Å². The summed E-state index contributed by atoms with van der Waals surface area (Å²) in [4.78, 5) is 5.02. The zero-order valence-electron chi connectivity index (χ0n) is 16.0. The van der Waals surface area contributed by atoms with Crippen LogP contribution in [0.15, 0.2) is 10.3 Å². The number of thiophene rings is 1. The zero-order valence-corrected chi connectivity index (χ0v) is 17.6. The maximum atomic E-state index is 11.5. The van der Waals surface area contributed by atoms with Crippen LogP contribution in [0.2, 0.25) is 0 Å². The Labute approximate surface area is 160 Å². The van der Waals surface area contributed by atoms with Crippen LogP contribution in [0, 0.1) is 6.92 Å². The second kappa shape index (κ2) is 11.3. The van der Waals surface area contributed by atoms with Gasteiger partial charge in [0.25, 0.3) is 0 Å². The highest BCUT2D eigenvalue weighted by atomic mass is 32.2. The van der Waals surface area contributed by atoms with E-state index in [1.807, 2.05) is 11.9 Å². The minimum absolute atomic E-state index is 0.0806. The standard InChI is InChI=1S/C16H31N3O5S2/c1-13-14(11-16(25-13)26(17,21)22)15(20)12-18(2)5-6-19(7-9-23-3)8-10-24-4/h11,15,20H,5-10,12H2,1-4H3,(H2,17,21,22). The summed E-state index contributed by atoms with van der Waals surface area (Å²) in [6.07, 6.45) is -0.766. The van der Waals surface area contributed by atoms with Gasteiger partial charge in [0, 0.05) is 51.8 Å². The molecule has 0 spiro atoms. The van der Waals surface area contributed by atoms with Gasteiger partial charge in [0.05, 0.1) is 19.3 Å². The molecule has 0 aliphatic heterocycles. The third-order valence-corrected chi connectivity index (χ3v) is 6.57. The molecule has 1 atom stereocenters. The Kier molecular flexibility index (Phi) is 10.2. The molecule has 26 heavy (non-hydrogen) atoms. The fourth-order valence-electron chi connectivity index (χ4n) is 2.51. The van der Waals surface area contributed by atoms with Gasteiger partial charge >= 0.3 is 0 Å². The van der Waals surface area contributed by atoms with Gasteiger partial charge in [-0.3, -0.25) is 4.90 Å². The maximum absolute atomic E-state index is 11.5. The summed E-state index contributed by atoms with van der Waals surface area (Å²) in [6, 6.07) is 1.47. The van der Waals surface area contributed by atoms with Crippen LogP contribution >= 0.6 is 11.3 Å². The summed E-state index contributed by atoms with van der Waals surface area (Å²) in [5, 5.41) is 15.6. The molecule has 8 nitrogen and oxygen atoms in total. The molecule has 1 rings (SSSR count). The maximum Gasteiger partial charge on any atom is 0.247 e. The third-order valence-electron chi connectivity index (χ3n) is 4.08. The van der Waals surface area contributed by atoms with Crippen molar-refractivity contribution in [2.24, 2.45) is 5.14 Å². The lowest BCUT2D eigenvalue weighted by Gasteiger charge is -2.26. The van der Waals surface area contributed by atoms with Crippen LogP contribution in [0.25, 0.3) is 0 Å². The molecule has 0 radical (unpaired) electrons. The van der Waals surface area contributed by atoms with Gasteiger partial charge in [-0.05, 0) is 25.6 Å². The fraction of sp³-hybridized carbons (Fsp3) is 0.750. The van der Waals surface area contributed by atoms with Crippen LogP contribution < -0.4 is 5.14 Å². The number of primary sulfonamides is 1. The van der Waals surface area contributed by atoms with Crippen LogP contribution in [-0.4, -0.2) is 90.5 Å². The quantitative estimate of drug-likeness (QED) is 0.481. The lowest BCUT2D eigenvalue weighted by Crippen LogP contribution is -2.38. The Balaban J connectivity index is 2.58. The van der Waals surface area contributed by atoms with E-state index in [9.17, 15) is 13.5 Å². The lowest BCUT2D eigenvalue weighted by atomic mass is 10.1. The molecular formula is C16H31N3O5S2. The lowest BCUT2D eigenvalue weighted by molar-refractivity contribution is 0.0937. The summed E-state index contributed by atoms with van der Waals surface area (Å²) in [7, 11) is 1.54. The Morgan fingerprint density at radius 3 is 2.23 bits per heavy atom. The predicted molar refractivity (Wildman–Crippen MR) is 103 cm³/mol. The topological polar surface area (TPSA) is 105 Å². The molecule has 1 unspecified atom stereocenters. The van der Waals surface area contributed by atoms with E-state index >= 15 is 0 Å². The highest BCUT2D eigenvalue weighted by Crippen LogP contribution is 2.29. The van der Waals surface area contributed by atoms with Crippen molar-refractivity contribution in [2.75, 3.05) is 67.2 Å². The number of likely N-dealkylation sites (N-methyl/N-ethyl adjacent to an activating group) is 1. The second-order valence-electron chi connectivity index (χ2n) is 6.23. The van der Waals surface area contributed by atoms with E-state index < -0.39 is 16.1 Å². The summed E-state index contributed by atoms with van der Waals surface area (Å²) in [5.41, 5.74) is 0.612. The molecule has 0 aliphatic carbocycles. The summed E-state index contributed by atoms with van der Waals surface area (Å²) < 4.78 is 33.3. The number of methoxy groups -OCH3 is 2. The first-order valence-electron chi connectivity index (χ1n) is 8.39. The van der Waals surface area contributed by atoms with Crippen molar-refractivity contribution in [2.45, 2.75) is 17.2 Å². The van der Waals surface area contributed by atoms with Gasteiger partial charge in [0.1, 0.15) is 4.21 Å². The first-order valence-corrected chi connectivity index (χ1v) is 10.7. The molecule has 0 saturated carbocycles. The third kappa shape index (κ3) is 7.97. The van der Waals surface area contributed by atoms with Gasteiger partial charge in [-0.15, -0.1) is 11.3 Å². The molecule has 0 aliphatic rings. The van der Waals surface area contributed by atoms with Crippen molar-refractivity contribution in [1.82, 2.24) is 9.80 Å². The highest BCUT2D eigenvalue weighted by Gasteiger charge is 2.20. The molecule has 0 fully saturated rings. The van der Waals surface area contributed by atoms with Crippen LogP contribution in [0.4, 0.5) is 0 Å². The van der Waals surface area contributed by atoms with Gasteiger partial charge in [-0.2, -0.15) is 0 Å². The van der Waals surface area contributed by atoms with E-state index in [4.69, 9.17) is 14.6 Å². The molecule has 3 N–H and O–H groups in total. The fourth-order valence-corrected chi connectivity index (χ4v) is 4.44. The van der Waals surface area contributed by atoms with Gasteiger partial charge in [-0.1, -0.05) is 0 Å². The smallest absolute Gasteiger partial charge is 0.247 e. The predicted octanol–water partition coefficient (Wildman–Crippen LogP) is 0.264. The molecular weight excluding hydrogens is 378 g/mol. The number of sulfonamides is 1. The monoisotopic (exact) mass is 409 g/mol. The van der Waals surface area contributed by atoms with Crippen molar-refractivity contribution in [3.8, 4) is 0 Å². The van der Waals surface area contributed by atoms with Crippen molar-refractivity contribution in [1.29, 1.82) is 0 Å². The molecule has 0 amide bonds. The molecule has 1 aromatic heterocycles. The normalized spacial score (nSPS) is 13.7. The Morgan fingerprint density at radius 2 is 1.77 bits per heavy atom. The summed E-state index contributed by atoms with van der Waals surface area (Å²) in [5.74, 6) is 0. The number of aliphatic hydroxyl groups is 1. The first-order chi connectivity index (χ1) is 12.2. The van der Waals surface area contributed by atoms with Crippen molar-refractivity contribution >= 4 is 21.4 Å². The van der Waals surface area contributed by atoms with Crippen LogP contribution in [0.3, 0.4) is 0 Å². The molecule has 1 heterocycles. The van der Waals surface area contributed by atoms with Gasteiger partial charge in [-0.25, -0.2) is 13.6 Å². The largest absolute Gasteiger partial charge is 0.387 e. The molecule has 0 aromatic carbocycles. The van der Waals surface area contributed by atoms with Crippen LogP contribution in [0.1, 0.15) is 16.5 Å². The van der Waals surface area contributed by atoms with E-state index in [1.165, 1.54) is 6.07 Å². The first kappa shape index (κ1) is 23.4. The zero-order chi connectivity index (χ0) is 19.7. The molecule has 0 saturated heterocycles. The number of ether oxygens (including phenoxy) is 2. The van der Waals surface area contributed by atoms with Crippen molar-refractivity contribution in [3.63, 3.8) is 0 Å². The summed E-state index contributed by atoms with van der Waals surface area (Å²) >= 11 is 1.09. The average molecular weight is 410 g/mol. The number of nitrogens with zero attached hydrogens (tertiary/aromatic N) is 2. The van der Waals surface area contributed by atoms with Crippen molar-refractivity contribution in [3.05, 3.63) is 16.5 Å². The molecule has 152 valence electrons. The minimum Gasteiger partial charge on any atom is -0.387 e. The van der Waals surface area contributed by atoms with E-state index in [-0.39, 0.29) is 4.21 Å². The number of hydrogen-bond donors (Lipinski definition) is 2. The van der Waals surface area contributed by atoms with E-state index in [2.05, 4.69) is 4.90 Å². The number of aryl methyl sites for hydroxylation is 1. The van der Waals surface area contributed by atoms with Crippen LogP contribution in [-0.2, 0) is 19.5 Å². The summed E-state index contributed by atoms with van der Waals surface area (Å²) in [6.45, 7) is 6.71. The molecule has 10 heteroatoms. The Bertz CT molecular complexity index is 628. The Hall–Kier alpha value is -0.590. The SMILES string of the molecule is COCCN(CCOC)CCN(C)CC(O)c1cc(S(N)(=O)=O)sc1C. The number of aliphatic hydroxyl groups excluding tert-OH is 1. The second-order valence-corrected chi connectivity index (χ2v) is 9.27. The highest BCUT2D eigenvalue weighted by molar-refractivity contribution is 7.91. The molecule has 0 bridgehead atoms.